The number of rotatable bonds is 4. The molecular formula is C15H19Cl2NO4. The topological polar surface area (TPSA) is 67.8 Å². The van der Waals surface area contributed by atoms with Gasteiger partial charge in [0.1, 0.15) is 10.8 Å². The Balaban J connectivity index is 2.26. The fourth-order valence-electron chi connectivity index (χ4n) is 2.40. The van der Waals surface area contributed by atoms with Gasteiger partial charge in [0, 0.05) is 12.7 Å². The molecule has 122 valence electrons. The Morgan fingerprint density at radius 3 is 2.95 bits per heavy atom. The largest absolute Gasteiger partial charge is 0.492 e. The van der Waals surface area contributed by atoms with Crippen LogP contribution in [0.1, 0.15) is 31.4 Å². The van der Waals surface area contributed by atoms with E-state index in [1.165, 1.54) is 14.0 Å². The zero-order valence-electron chi connectivity index (χ0n) is 12.5. The first kappa shape index (κ1) is 17.3. The van der Waals surface area contributed by atoms with Crippen molar-refractivity contribution in [1.82, 2.24) is 5.32 Å². The number of carbonyl (C=O) groups is 1. The van der Waals surface area contributed by atoms with E-state index in [0.29, 0.717) is 28.8 Å². The molecule has 7 heteroatoms. The summed E-state index contributed by atoms with van der Waals surface area (Å²) in [5, 5.41) is 13.7. The van der Waals surface area contributed by atoms with Crippen molar-refractivity contribution < 1.29 is 19.4 Å². The summed E-state index contributed by atoms with van der Waals surface area (Å²) in [5.74, 6) is -0.0124. The van der Waals surface area contributed by atoms with Crippen molar-refractivity contribution in [3.8, 4) is 5.75 Å². The molecule has 22 heavy (non-hydrogen) atoms. The van der Waals surface area contributed by atoms with Crippen LogP contribution >= 0.6 is 23.2 Å². The molecule has 1 aliphatic rings. The van der Waals surface area contributed by atoms with Crippen molar-refractivity contribution in [2.24, 2.45) is 0 Å². The Morgan fingerprint density at radius 2 is 2.27 bits per heavy atom. The number of ether oxygens (including phenoxy) is 2. The third-order valence-corrected chi connectivity index (χ3v) is 4.35. The third-order valence-electron chi connectivity index (χ3n) is 3.56. The second-order valence-corrected chi connectivity index (χ2v) is 6.29. The lowest BCUT2D eigenvalue weighted by Crippen LogP contribution is -2.48. The van der Waals surface area contributed by atoms with E-state index < -0.39 is 11.5 Å². The minimum atomic E-state index is -1.60. The molecule has 1 aliphatic heterocycles. The highest BCUT2D eigenvalue weighted by molar-refractivity contribution is 6.43. The summed E-state index contributed by atoms with van der Waals surface area (Å²) in [6.45, 7) is 1.82. The SMILES string of the molecule is COC[C@](C)(O)C(=O)N[C@@H]1CCCOc2c1ccc(Cl)c2Cl. The van der Waals surface area contributed by atoms with Gasteiger partial charge < -0.3 is 19.9 Å². The van der Waals surface area contributed by atoms with Crippen molar-refractivity contribution >= 4 is 29.1 Å². The first-order chi connectivity index (χ1) is 10.4. The van der Waals surface area contributed by atoms with Gasteiger partial charge in [-0.15, -0.1) is 0 Å². The number of nitrogens with one attached hydrogen (secondary N) is 1. The van der Waals surface area contributed by atoms with Crippen LogP contribution < -0.4 is 10.1 Å². The highest BCUT2D eigenvalue weighted by atomic mass is 35.5. The van der Waals surface area contributed by atoms with Crippen LogP contribution in [0.15, 0.2) is 12.1 Å². The molecule has 1 aromatic carbocycles. The van der Waals surface area contributed by atoms with Gasteiger partial charge in [-0.05, 0) is 25.8 Å². The second-order valence-electron chi connectivity index (χ2n) is 5.50. The van der Waals surface area contributed by atoms with Crippen LogP contribution in [-0.4, -0.2) is 36.9 Å². The number of benzene rings is 1. The zero-order chi connectivity index (χ0) is 16.3. The molecule has 0 saturated carbocycles. The monoisotopic (exact) mass is 347 g/mol. The number of hydrogen-bond donors (Lipinski definition) is 2. The average Bonchev–Trinajstić information content (AvgIpc) is 2.66. The molecule has 0 aromatic heterocycles. The minimum absolute atomic E-state index is 0.0870. The summed E-state index contributed by atoms with van der Waals surface area (Å²) in [4.78, 5) is 12.3. The van der Waals surface area contributed by atoms with Crippen LogP contribution in [0, 0.1) is 0 Å². The van der Waals surface area contributed by atoms with Crippen molar-refractivity contribution in [2.45, 2.75) is 31.4 Å². The molecule has 2 N–H and O–H groups in total. The van der Waals surface area contributed by atoms with Crippen molar-refractivity contribution in [2.75, 3.05) is 20.3 Å². The normalized spacial score (nSPS) is 20.3. The third kappa shape index (κ3) is 3.66. The van der Waals surface area contributed by atoms with Gasteiger partial charge in [0.2, 0.25) is 0 Å². The lowest BCUT2D eigenvalue weighted by molar-refractivity contribution is -0.143. The molecule has 0 saturated heterocycles. The van der Waals surface area contributed by atoms with Gasteiger partial charge in [-0.2, -0.15) is 0 Å². The highest BCUT2D eigenvalue weighted by Crippen LogP contribution is 2.41. The first-order valence-electron chi connectivity index (χ1n) is 7.00. The molecule has 0 fully saturated rings. The van der Waals surface area contributed by atoms with Gasteiger partial charge in [-0.3, -0.25) is 4.79 Å². The maximum atomic E-state index is 12.3. The number of hydrogen-bond acceptors (Lipinski definition) is 4. The first-order valence-corrected chi connectivity index (χ1v) is 7.75. The maximum Gasteiger partial charge on any atom is 0.254 e. The molecule has 1 heterocycles. The summed E-state index contributed by atoms with van der Waals surface area (Å²) < 4.78 is 10.5. The number of carbonyl (C=O) groups excluding carboxylic acids is 1. The number of halogens is 2. The molecule has 1 amide bonds. The van der Waals surface area contributed by atoms with Crippen LogP contribution in [-0.2, 0) is 9.53 Å². The fraction of sp³-hybridized carbons (Fsp3) is 0.533. The summed E-state index contributed by atoms with van der Waals surface area (Å²) in [5.41, 5.74) is -0.841. The van der Waals surface area contributed by atoms with E-state index in [0.717, 1.165) is 12.0 Å². The van der Waals surface area contributed by atoms with E-state index >= 15 is 0 Å². The molecule has 0 aliphatic carbocycles. The van der Waals surface area contributed by atoms with Crippen LogP contribution in [0.4, 0.5) is 0 Å². The minimum Gasteiger partial charge on any atom is -0.492 e. The summed E-state index contributed by atoms with van der Waals surface area (Å²) in [6.07, 6.45) is 1.43. The smallest absolute Gasteiger partial charge is 0.254 e. The molecule has 2 rings (SSSR count). The van der Waals surface area contributed by atoms with Gasteiger partial charge in [0.25, 0.3) is 5.91 Å². The van der Waals surface area contributed by atoms with Gasteiger partial charge in [-0.1, -0.05) is 29.3 Å². The van der Waals surface area contributed by atoms with E-state index in [4.69, 9.17) is 32.7 Å². The Morgan fingerprint density at radius 1 is 1.55 bits per heavy atom. The van der Waals surface area contributed by atoms with Crippen molar-refractivity contribution in [3.05, 3.63) is 27.7 Å². The summed E-state index contributed by atoms with van der Waals surface area (Å²) >= 11 is 12.2. The van der Waals surface area contributed by atoms with Gasteiger partial charge >= 0.3 is 0 Å². The van der Waals surface area contributed by atoms with Crippen molar-refractivity contribution in [3.63, 3.8) is 0 Å². The van der Waals surface area contributed by atoms with Crippen molar-refractivity contribution in [1.29, 1.82) is 0 Å². The predicted molar refractivity (Wildman–Crippen MR) is 84.6 cm³/mol. The Bertz CT molecular complexity index is 563. The fourth-order valence-corrected chi connectivity index (χ4v) is 2.77. The molecule has 0 radical (unpaired) electrons. The predicted octanol–water partition coefficient (Wildman–Crippen LogP) is 2.72. The van der Waals surface area contributed by atoms with E-state index in [1.54, 1.807) is 12.1 Å². The van der Waals surface area contributed by atoms with Gasteiger partial charge in [-0.25, -0.2) is 0 Å². The van der Waals surface area contributed by atoms with Crippen LogP contribution in [0.3, 0.4) is 0 Å². The van der Waals surface area contributed by atoms with E-state index in [9.17, 15) is 9.90 Å². The van der Waals surface area contributed by atoms with Crippen LogP contribution in [0.2, 0.25) is 10.0 Å². The Hall–Kier alpha value is -1.01. The van der Waals surface area contributed by atoms with E-state index in [-0.39, 0.29) is 12.6 Å². The molecule has 0 unspecified atom stereocenters. The molecule has 2 atom stereocenters. The molecule has 0 spiro atoms. The molecule has 0 bridgehead atoms. The summed E-state index contributed by atoms with van der Waals surface area (Å²) in [6, 6.07) is 3.15. The van der Waals surface area contributed by atoms with Gasteiger partial charge in [0.15, 0.2) is 5.60 Å². The van der Waals surface area contributed by atoms with Crippen LogP contribution in [0.5, 0.6) is 5.75 Å². The number of aliphatic hydroxyl groups is 1. The summed E-state index contributed by atoms with van der Waals surface area (Å²) in [7, 11) is 1.43. The van der Waals surface area contributed by atoms with E-state index in [2.05, 4.69) is 5.32 Å². The van der Waals surface area contributed by atoms with Crippen LogP contribution in [0.25, 0.3) is 0 Å². The Labute approximate surface area is 139 Å². The van der Waals surface area contributed by atoms with Gasteiger partial charge in [0.05, 0.1) is 24.3 Å². The average molecular weight is 348 g/mol. The Kier molecular flexibility index (Phi) is 5.55. The number of methoxy groups -OCH3 is 1. The maximum absolute atomic E-state index is 12.3. The lowest BCUT2D eigenvalue weighted by Gasteiger charge is -2.26. The standard InChI is InChI=1S/C15H19Cl2NO4/c1-15(20,8-21-2)14(19)18-11-4-3-7-22-13-9(11)5-6-10(16)12(13)17/h5-6,11,20H,3-4,7-8H2,1-2H3,(H,18,19)/t11-,15+/m1/s1. The van der Waals surface area contributed by atoms with E-state index in [1.807, 2.05) is 0 Å². The lowest BCUT2D eigenvalue weighted by atomic mass is 10.00. The number of amides is 1. The highest BCUT2D eigenvalue weighted by Gasteiger charge is 2.33. The second kappa shape index (κ2) is 7.04. The zero-order valence-corrected chi connectivity index (χ0v) is 14.0. The molecule has 1 aromatic rings. The number of fused-ring (bicyclic) bond motifs is 1. The quantitative estimate of drug-likeness (QED) is 0.878. The molecular weight excluding hydrogens is 329 g/mol. The molecule has 5 nitrogen and oxygen atoms in total.